The van der Waals surface area contributed by atoms with Crippen LogP contribution in [0.4, 0.5) is 5.82 Å². The molecule has 1 fully saturated rings. The van der Waals surface area contributed by atoms with Crippen LogP contribution >= 0.6 is 0 Å². The van der Waals surface area contributed by atoms with Gasteiger partial charge in [-0.05, 0) is 12.1 Å². The molecular formula is C14H21N3O3. The number of carbonyl (C=O) groups is 1. The summed E-state index contributed by atoms with van der Waals surface area (Å²) in [6.45, 7) is 1.36. The van der Waals surface area contributed by atoms with Crippen molar-refractivity contribution in [3.63, 3.8) is 0 Å². The fourth-order valence-corrected chi connectivity index (χ4v) is 2.31. The molecule has 0 bridgehead atoms. The number of pyridine rings is 1. The van der Waals surface area contributed by atoms with Crippen LogP contribution in [0.3, 0.4) is 0 Å². The Balaban J connectivity index is 2.04. The number of nitrogens with one attached hydrogen (secondary N) is 1. The molecule has 0 spiro atoms. The Morgan fingerprint density at radius 2 is 2.20 bits per heavy atom. The first-order valence-electron chi connectivity index (χ1n) is 6.74. The third-order valence-electron chi connectivity index (χ3n) is 3.53. The molecular weight excluding hydrogens is 258 g/mol. The van der Waals surface area contributed by atoms with Crippen LogP contribution in [-0.2, 0) is 4.74 Å². The molecule has 20 heavy (non-hydrogen) atoms. The molecule has 0 unspecified atom stereocenters. The lowest BCUT2D eigenvalue weighted by Crippen LogP contribution is -2.47. The van der Waals surface area contributed by atoms with E-state index in [0.29, 0.717) is 44.1 Å². The van der Waals surface area contributed by atoms with E-state index in [1.54, 1.807) is 32.3 Å². The van der Waals surface area contributed by atoms with Gasteiger partial charge in [0.25, 0.3) is 5.91 Å². The molecule has 0 aromatic carbocycles. The highest BCUT2D eigenvalue weighted by Crippen LogP contribution is 2.21. The fraction of sp³-hybridized carbons (Fsp3) is 0.571. The molecule has 6 heteroatoms. The normalized spacial score (nSPS) is 17.6. The Morgan fingerprint density at radius 1 is 1.50 bits per heavy atom. The van der Waals surface area contributed by atoms with Gasteiger partial charge in [-0.2, -0.15) is 0 Å². The Hall–Kier alpha value is -1.66. The summed E-state index contributed by atoms with van der Waals surface area (Å²) < 4.78 is 5.24. The molecule has 1 saturated heterocycles. The summed E-state index contributed by atoms with van der Waals surface area (Å²) in [7, 11) is 3.44. The number of hydrogen-bond acceptors (Lipinski definition) is 5. The maximum absolute atomic E-state index is 12.3. The van der Waals surface area contributed by atoms with Crippen LogP contribution in [0.2, 0.25) is 0 Å². The largest absolute Gasteiger partial charge is 0.388 e. The van der Waals surface area contributed by atoms with Crippen LogP contribution < -0.4 is 5.32 Å². The Labute approximate surface area is 118 Å². The average molecular weight is 279 g/mol. The SMILES string of the molecule is CNc1cccc(C(=O)N(C)CC2(O)CCOCC2)n1. The third-order valence-corrected chi connectivity index (χ3v) is 3.53. The predicted molar refractivity (Wildman–Crippen MR) is 75.7 cm³/mol. The number of carbonyl (C=O) groups excluding carboxylic acids is 1. The molecule has 1 aliphatic rings. The van der Waals surface area contributed by atoms with Crippen molar-refractivity contribution < 1.29 is 14.6 Å². The minimum Gasteiger partial charge on any atom is -0.388 e. The van der Waals surface area contributed by atoms with Crippen molar-refractivity contribution >= 4 is 11.7 Å². The number of aromatic nitrogens is 1. The van der Waals surface area contributed by atoms with Gasteiger partial charge in [0, 0.05) is 46.7 Å². The molecule has 2 heterocycles. The molecule has 1 amide bonds. The Kier molecular flexibility index (Phi) is 4.57. The zero-order valence-electron chi connectivity index (χ0n) is 11.9. The van der Waals surface area contributed by atoms with E-state index < -0.39 is 5.60 Å². The lowest BCUT2D eigenvalue weighted by molar-refractivity contribution is -0.0734. The van der Waals surface area contributed by atoms with Crippen LogP contribution in [0.15, 0.2) is 18.2 Å². The Bertz CT molecular complexity index is 472. The molecule has 1 aromatic heterocycles. The van der Waals surface area contributed by atoms with E-state index in [2.05, 4.69) is 10.3 Å². The number of nitrogens with zero attached hydrogens (tertiary/aromatic N) is 2. The van der Waals surface area contributed by atoms with Crippen LogP contribution in [-0.4, -0.2) is 60.4 Å². The van der Waals surface area contributed by atoms with Gasteiger partial charge in [0.15, 0.2) is 0 Å². The van der Waals surface area contributed by atoms with Crippen molar-refractivity contribution in [2.45, 2.75) is 18.4 Å². The first kappa shape index (κ1) is 14.7. The summed E-state index contributed by atoms with van der Waals surface area (Å²) in [4.78, 5) is 18.1. The predicted octanol–water partition coefficient (Wildman–Crippen LogP) is 0.737. The van der Waals surface area contributed by atoms with Gasteiger partial charge in [0.1, 0.15) is 11.5 Å². The van der Waals surface area contributed by atoms with E-state index in [4.69, 9.17) is 4.74 Å². The quantitative estimate of drug-likeness (QED) is 0.850. The molecule has 110 valence electrons. The number of rotatable bonds is 4. The molecule has 6 nitrogen and oxygen atoms in total. The lowest BCUT2D eigenvalue weighted by Gasteiger charge is -2.35. The highest BCUT2D eigenvalue weighted by atomic mass is 16.5. The van der Waals surface area contributed by atoms with Crippen molar-refractivity contribution in [2.24, 2.45) is 0 Å². The average Bonchev–Trinajstić information content (AvgIpc) is 2.46. The lowest BCUT2D eigenvalue weighted by atomic mass is 9.94. The third kappa shape index (κ3) is 3.46. The molecule has 1 aliphatic heterocycles. The highest BCUT2D eigenvalue weighted by Gasteiger charge is 2.32. The van der Waals surface area contributed by atoms with Crippen LogP contribution in [0.5, 0.6) is 0 Å². The molecule has 0 aliphatic carbocycles. The van der Waals surface area contributed by atoms with Crippen LogP contribution in [0.25, 0.3) is 0 Å². The molecule has 2 rings (SSSR count). The maximum atomic E-state index is 12.3. The molecule has 0 atom stereocenters. The molecule has 0 radical (unpaired) electrons. The molecule has 1 aromatic rings. The van der Waals surface area contributed by atoms with Gasteiger partial charge in [-0.1, -0.05) is 6.07 Å². The zero-order valence-corrected chi connectivity index (χ0v) is 11.9. The number of anilines is 1. The summed E-state index contributed by atoms with van der Waals surface area (Å²) in [6, 6.07) is 5.25. The van der Waals surface area contributed by atoms with Gasteiger partial charge in [-0.15, -0.1) is 0 Å². The fourth-order valence-electron chi connectivity index (χ4n) is 2.31. The van der Waals surface area contributed by atoms with Gasteiger partial charge in [0.05, 0.1) is 5.60 Å². The first-order chi connectivity index (χ1) is 9.54. The number of likely N-dealkylation sites (N-methyl/N-ethyl adjacent to an activating group) is 1. The van der Waals surface area contributed by atoms with Crippen molar-refractivity contribution in [1.82, 2.24) is 9.88 Å². The van der Waals surface area contributed by atoms with Crippen molar-refractivity contribution in [2.75, 3.05) is 39.2 Å². The van der Waals surface area contributed by atoms with Gasteiger partial charge in [-0.25, -0.2) is 4.98 Å². The summed E-state index contributed by atoms with van der Waals surface area (Å²) in [5.74, 6) is 0.455. The number of hydrogen-bond donors (Lipinski definition) is 2. The summed E-state index contributed by atoms with van der Waals surface area (Å²) >= 11 is 0. The number of aliphatic hydroxyl groups is 1. The number of ether oxygens (including phenoxy) is 1. The molecule has 0 saturated carbocycles. The van der Waals surface area contributed by atoms with Crippen LogP contribution in [0, 0.1) is 0 Å². The van der Waals surface area contributed by atoms with E-state index in [0.717, 1.165) is 0 Å². The van der Waals surface area contributed by atoms with Gasteiger partial charge < -0.3 is 20.1 Å². The second-order valence-corrected chi connectivity index (χ2v) is 5.16. The first-order valence-corrected chi connectivity index (χ1v) is 6.74. The van der Waals surface area contributed by atoms with E-state index in [1.165, 1.54) is 4.90 Å². The highest BCUT2D eigenvalue weighted by molar-refractivity contribution is 5.92. The van der Waals surface area contributed by atoms with E-state index in [-0.39, 0.29) is 5.91 Å². The van der Waals surface area contributed by atoms with Crippen molar-refractivity contribution in [3.8, 4) is 0 Å². The Morgan fingerprint density at radius 3 is 2.85 bits per heavy atom. The standard InChI is InChI=1S/C14H21N3O3/c1-15-12-5-3-4-11(16-12)13(18)17(2)10-14(19)6-8-20-9-7-14/h3-5,19H,6-10H2,1-2H3,(H,15,16). The van der Waals surface area contributed by atoms with Crippen LogP contribution in [0.1, 0.15) is 23.3 Å². The number of amides is 1. The van der Waals surface area contributed by atoms with E-state index >= 15 is 0 Å². The van der Waals surface area contributed by atoms with Gasteiger partial charge in [0.2, 0.25) is 0 Å². The van der Waals surface area contributed by atoms with Gasteiger partial charge >= 0.3 is 0 Å². The second-order valence-electron chi connectivity index (χ2n) is 5.16. The zero-order chi connectivity index (χ0) is 14.6. The molecule has 2 N–H and O–H groups in total. The minimum absolute atomic E-state index is 0.193. The van der Waals surface area contributed by atoms with E-state index in [9.17, 15) is 9.90 Å². The maximum Gasteiger partial charge on any atom is 0.272 e. The summed E-state index contributed by atoms with van der Waals surface area (Å²) in [5, 5.41) is 13.3. The minimum atomic E-state index is -0.858. The monoisotopic (exact) mass is 279 g/mol. The van der Waals surface area contributed by atoms with E-state index in [1.807, 2.05) is 0 Å². The smallest absolute Gasteiger partial charge is 0.272 e. The van der Waals surface area contributed by atoms with Crippen molar-refractivity contribution in [3.05, 3.63) is 23.9 Å². The van der Waals surface area contributed by atoms with Crippen molar-refractivity contribution in [1.29, 1.82) is 0 Å². The summed E-state index contributed by atoms with van der Waals surface area (Å²) in [6.07, 6.45) is 1.10. The van der Waals surface area contributed by atoms with Gasteiger partial charge in [-0.3, -0.25) is 4.79 Å². The second kappa shape index (κ2) is 6.19. The summed E-state index contributed by atoms with van der Waals surface area (Å²) in [5.41, 5.74) is -0.487. The topological polar surface area (TPSA) is 74.7 Å².